The second kappa shape index (κ2) is 12.5. The summed E-state index contributed by atoms with van der Waals surface area (Å²) < 4.78 is 0. The molecule has 0 aliphatic carbocycles. The Hall–Kier alpha value is -3.38. The number of hydrogen-bond acceptors (Lipinski definition) is 7. The van der Waals surface area contributed by atoms with Crippen LogP contribution in [0.3, 0.4) is 0 Å². The molecule has 0 saturated carbocycles. The normalized spacial score (nSPS) is 11.2. The Bertz CT molecular complexity index is 1030. The number of H-pyrrole nitrogens is 1. The number of nitrogens with zero attached hydrogens (tertiary/aromatic N) is 4. The van der Waals surface area contributed by atoms with Crippen LogP contribution in [0.25, 0.3) is 0 Å². The van der Waals surface area contributed by atoms with E-state index in [4.69, 9.17) is 11.5 Å². The minimum absolute atomic E-state index is 0.00185. The van der Waals surface area contributed by atoms with Crippen LogP contribution in [0.4, 0.5) is 5.13 Å². The predicted molar refractivity (Wildman–Crippen MR) is 130 cm³/mol. The van der Waals surface area contributed by atoms with Gasteiger partial charge in [-0.15, -0.1) is 11.3 Å². The van der Waals surface area contributed by atoms with Gasteiger partial charge in [0.1, 0.15) is 0 Å². The number of aromatic amines is 1. The van der Waals surface area contributed by atoms with Crippen LogP contribution in [0.1, 0.15) is 21.7 Å². The lowest BCUT2D eigenvalue weighted by Crippen LogP contribution is -2.42. The largest absolute Gasteiger partial charge is 0.370 e. The van der Waals surface area contributed by atoms with Gasteiger partial charge in [-0.1, -0.05) is 18.2 Å². The van der Waals surface area contributed by atoms with E-state index in [0.717, 1.165) is 29.3 Å². The maximum absolute atomic E-state index is 12.5. The van der Waals surface area contributed by atoms with Crippen LogP contribution < -0.4 is 22.1 Å². The Morgan fingerprint density at radius 2 is 2.09 bits per heavy atom. The van der Waals surface area contributed by atoms with Crippen molar-refractivity contribution in [3.8, 4) is 0 Å². The topological polar surface area (TPSA) is 159 Å². The van der Waals surface area contributed by atoms with Gasteiger partial charge in [0.05, 0.1) is 18.6 Å². The monoisotopic (exact) mass is 471 g/mol. The first kappa shape index (κ1) is 23.3. The Labute approximate surface area is 194 Å². The third-order valence-corrected chi connectivity index (χ3v) is 5.78. The van der Waals surface area contributed by atoms with E-state index in [0.29, 0.717) is 29.7 Å². The lowest BCUT2D eigenvalue weighted by Gasteiger charge is -2.11. The number of benzene rings is 1. The number of carbonyl (C=O) groups excluding carboxylic acids is 1. The van der Waals surface area contributed by atoms with Crippen LogP contribution in [0.2, 0.25) is 0 Å². The third-order valence-electron chi connectivity index (χ3n) is 4.03. The smallest absolute Gasteiger partial charge is 0.257 e. The van der Waals surface area contributed by atoms with E-state index in [1.807, 2.05) is 23.6 Å². The van der Waals surface area contributed by atoms with Crippen LogP contribution in [-0.4, -0.2) is 51.6 Å². The molecule has 0 saturated heterocycles. The van der Waals surface area contributed by atoms with Crippen molar-refractivity contribution < 1.29 is 4.79 Å². The molecule has 7 N–H and O–H groups in total. The average molecular weight is 472 g/mol. The highest BCUT2D eigenvalue weighted by Gasteiger charge is 2.08. The van der Waals surface area contributed by atoms with E-state index in [-0.39, 0.29) is 11.9 Å². The molecule has 3 rings (SSSR count). The minimum atomic E-state index is -0.208. The first-order valence-electron chi connectivity index (χ1n) is 9.84. The number of guanidine groups is 2. The number of carbonyl (C=O) groups is 1. The molecule has 0 radical (unpaired) electrons. The summed E-state index contributed by atoms with van der Waals surface area (Å²) in [6, 6.07) is 9.04. The highest BCUT2D eigenvalue weighted by atomic mass is 32.2. The van der Waals surface area contributed by atoms with Gasteiger partial charge in [0.25, 0.3) is 5.91 Å². The van der Waals surface area contributed by atoms with Gasteiger partial charge in [-0.2, -0.15) is 16.8 Å². The Kier molecular flexibility index (Phi) is 9.07. The number of aromatic nitrogens is 3. The molecule has 0 atom stereocenters. The van der Waals surface area contributed by atoms with E-state index in [1.165, 1.54) is 11.3 Å². The molecule has 12 heteroatoms. The van der Waals surface area contributed by atoms with Crippen LogP contribution in [0.5, 0.6) is 0 Å². The standard InChI is InChI=1S/C20H25N9OS2/c21-18(22)29-20-27-16(12-32-20)11-31-9-8-25-19(24-7-6-15-10-23-13-26-15)28-17(30)14-4-2-1-3-5-14/h1-5,10,12-13H,6-9,11H2,(H,23,26)(H4,21,22,27,29)(H2,24,25,28,30). The first-order valence-corrected chi connectivity index (χ1v) is 11.9. The summed E-state index contributed by atoms with van der Waals surface area (Å²) in [6.07, 6.45) is 4.15. The average Bonchev–Trinajstić information content (AvgIpc) is 3.45. The van der Waals surface area contributed by atoms with E-state index < -0.39 is 0 Å². The van der Waals surface area contributed by atoms with Crippen LogP contribution >= 0.6 is 23.1 Å². The van der Waals surface area contributed by atoms with Crippen molar-refractivity contribution >= 4 is 46.1 Å². The van der Waals surface area contributed by atoms with E-state index in [1.54, 1.807) is 36.4 Å². The van der Waals surface area contributed by atoms with Crippen LogP contribution in [-0.2, 0) is 12.2 Å². The predicted octanol–water partition coefficient (Wildman–Crippen LogP) is 1.62. The lowest BCUT2D eigenvalue weighted by molar-refractivity contribution is 0.0976. The highest BCUT2D eigenvalue weighted by molar-refractivity contribution is 7.98. The van der Waals surface area contributed by atoms with E-state index >= 15 is 0 Å². The fourth-order valence-electron chi connectivity index (χ4n) is 2.57. The molecule has 3 aromatic rings. The summed E-state index contributed by atoms with van der Waals surface area (Å²) in [7, 11) is 0. The van der Waals surface area contributed by atoms with Crippen molar-refractivity contribution in [2.75, 3.05) is 18.8 Å². The number of aliphatic imine (C=N–C) groups is 2. The molecule has 2 heterocycles. The van der Waals surface area contributed by atoms with Gasteiger partial charge in [0, 0.05) is 47.3 Å². The zero-order valence-corrected chi connectivity index (χ0v) is 19.0. The summed E-state index contributed by atoms with van der Waals surface area (Å²) >= 11 is 3.09. The van der Waals surface area contributed by atoms with Crippen molar-refractivity contribution in [1.29, 1.82) is 0 Å². The maximum atomic E-state index is 12.5. The molecular formula is C20H25N9OS2. The summed E-state index contributed by atoms with van der Waals surface area (Å²) in [5.41, 5.74) is 13.2. The van der Waals surface area contributed by atoms with Crippen molar-refractivity contribution in [3.63, 3.8) is 0 Å². The number of imidazole rings is 1. The number of nitrogens with two attached hydrogens (primary N) is 2. The van der Waals surface area contributed by atoms with E-state index in [9.17, 15) is 4.79 Å². The molecule has 32 heavy (non-hydrogen) atoms. The third kappa shape index (κ3) is 8.04. The van der Waals surface area contributed by atoms with Gasteiger partial charge in [0.2, 0.25) is 5.13 Å². The maximum Gasteiger partial charge on any atom is 0.257 e. The lowest BCUT2D eigenvalue weighted by atomic mass is 10.2. The summed E-state index contributed by atoms with van der Waals surface area (Å²) in [4.78, 5) is 32.4. The molecule has 2 aromatic heterocycles. The molecule has 0 aliphatic rings. The molecule has 10 nitrogen and oxygen atoms in total. The molecule has 0 fully saturated rings. The van der Waals surface area contributed by atoms with Gasteiger partial charge < -0.3 is 21.8 Å². The SMILES string of the molecule is NC(N)=Nc1nc(CSCCN=C(NCCc2cnc[nH]2)NC(=O)c2ccccc2)cs1. The molecule has 0 aliphatic heterocycles. The zero-order chi connectivity index (χ0) is 22.6. The van der Waals surface area contributed by atoms with Gasteiger partial charge in [-0.05, 0) is 12.1 Å². The van der Waals surface area contributed by atoms with Crippen LogP contribution in [0.15, 0.2) is 58.2 Å². The van der Waals surface area contributed by atoms with Crippen LogP contribution in [0, 0.1) is 0 Å². The fourth-order valence-corrected chi connectivity index (χ4v) is 4.10. The van der Waals surface area contributed by atoms with Crippen molar-refractivity contribution in [3.05, 3.63) is 65.2 Å². The summed E-state index contributed by atoms with van der Waals surface area (Å²) in [6.45, 7) is 1.15. The number of thiazole rings is 1. The number of thioether (sulfide) groups is 1. The van der Waals surface area contributed by atoms with Gasteiger partial charge >= 0.3 is 0 Å². The van der Waals surface area contributed by atoms with Gasteiger partial charge in [-0.25, -0.2) is 9.97 Å². The van der Waals surface area contributed by atoms with Crippen molar-refractivity contribution in [2.45, 2.75) is 12.2 Å². The molecule has 1 aromatic carbocycles. The summed E-state index contributed by atoms with van der Waals surface area (Å²) in [5, 5.41) is 8.54. The Balaban J connectivity index is 1.49. The molecule has 0 bridgehead atoms. The number of rotatable bonds is 10. The first-order chi connectivity index (χ1) is 15.6. The number of nitrogens with one attached hydrogen (secondary N) is 3. The van der Waals surface area contributed by atoms with Crippen molar-refractivity contribution in [1.82, 2.24) is 25.6 Å². The quantitative estimate of drug-likeness (QED) is 0.171. The molecule has 0 unspecified atom stereocenters. The Morgan fingerprint density at radius 3 is 2.84 bits per heavy atom. The number of amides is 1. The van der Waals surface area contributed by atoms with Gasteiger partial charge in [-0.3, -0.25) is 15.1 Å². The summed E-state index contributed by atoms with van der Waals surface area (Å²) in [5.74, 6) is 1.73. The second-order valence-corrected chi connectivity index (χ2v) is 8.46. The van der Waals surface area contributed by atoms with E-state index in [2.05, 4.69) is 35.6 Å². The minimum Gasteiger partial charge on any atom is -0.370 e. The second-order valence-electron chi connectivity index (χ2n) is 6.51. The highest BCUT2D eigenvalue weighted by Crippen LogP contribution is 2.21. The Morgan fingerprint density at radius 1 is 1.25 bits per heavy atom. The molecule has 0 spiro atoms. The molecule has 1 amide bonds. The molecule has 168 valence electrons. The number of hydrogen-bond donors (Lipinski definition) is 5. The fraction of sp³-hybridized carbons (Fsp3) is 0.250. The van der Waals surface area contributed by atoms with Crippen molar-refractivity contribution in [2.24, 2.45) is 21.5 Å². The van der Waals surface area contributed by atoms with Gasteiger partial charge in [0.15, 0.2) is 11.9 Å². The zero-order valence-electron chi connectivity index (χ0n) is 17.3. The molecular weight excluding hydrogens is 446 g/mol.